The molecule has 1 atom stereocenters. The zero-order chi connectivity index (χ0) is 6.85. The fourth-order valence-corrected chi connectivity index (χ4v) is 1.32. The minimum Gasteiger partial charge on any atom is -0.118 e. The molecule has 1 saturated carbocycles. The van der Waals surface area contributed by atoms with Crippen LogP contribution in [0.3, 0.4) is 0 Å². The molecule has 0 N–H and O–H groups in total. The Morgan fingerprint density at radius 2 is 2.00 bits per heavy atom. The van der Waals surface area contributed by atoms with E-state index in [4.69, 9.17) is 11.6 Å². The van der Waals surface area contributed by atoms with Crippen LogP contribution >= 0.6 is 11.6 Å². The second-order valence-corrected chi connectivity index (χ2v) is 3.11. The van der Waals surface area contributed by atoms with Gasteiger partial charge in [0.05, 0.1) is 5.38 Å². The zero-order valence-electron chi connectivity index (χ0n) is 5.49. The molecule has 9 heavy (non-hydrogen) atoms. The lowest BCUT2D eigenvalue weighted by molar-refractivity contribution is 0.741. The molecule has 1 fully saturated rings. The Bertz CT molecular complexity index is 147. The molecular formula is C8H11Cl. The smallest absolute Gasteiger partial charge is 0.0579 e. The highest BCUT2D eigenvalue weighted by Crippen LogP contribution is 2.29. The van der Waals surface area contributed by atoms with Crippen molar-refractivity contribution in [1.29, 1.82) is 0 Å². The third-order valence-corrected chi connectivity index (χ3v) is 2.17. The summed E-state index contributed by atoms with van der Waals surface area (Å²) in [6.07, 6.45) is 3.05. The Morgan fingerprint density at radius 3 is 2.44 bits per heavy atom. The predicted octanol–water partition coefficient (Wildman–Crippen LogP) is 2.89. The summed E-state index contributed by atoms with van der Waals surface area (Å²) in [4.78, 5) is 0. The summed E-state index contributed by atoms with van der Waals surface area (Å²) >= 11 is 5.90. The van der Waals surface area contributed by atoms with Crippen molar-refractivity contribution in [1.82, 2.24) is 0 Å². The van der Waals surface area contributed by atoms with E-state index >= 15 is 0 Å². The third-order valence-electron chi connectivity index (χ3n) is 1.71. The van der Waals surface area contributed by atoms with Gasteiger partial charge in [0.2, 0.25) is 0 Å². The maximum absolute atomic E-state index is 5.90. The van der Waals surface area contributed by atoms with Gasteiger partial charge in [0, 0.05) is 0 Å². The first-order valence-corrected chi connectivity index (χ1v) is 3.62. The quantitative estimate of drug-likeness (QED) is 0.361. The van der Waals surface area contributed by atoms with Gasteiger partial charge in [-0.1, -0.05) is 24.3 Å². The summed E-state index contributed by atoms with van der Waals surface area (Å²) in [7, 11) is 0. The summed E-state index contributed by atoms with van der Waals surface area (Å²) in [6.45, 7) is 7.73. The van der Waals surface area contributed by atoms with Crippen LogP contribution in [0.5, 0.6) is 0 Å². The van der Waals surface area contributed by atoms with Crippen LogP contribution in [0.4, 0.5) is 0 Å². The number of hydrogen-bond acceptors (Lipinski definition) is 0. The first-order valence-electron chi connectivity index (χ1n) is 3.18. The molecular weight excluding hydrogens is 132 g/mol. The van der Waals surface area contributed by atoms with E-state index < -0.39 is 0 Å². The first kappa shape index (κ1) is 6.88. The van der Waals surface area contributed by atoms with Gasteiger partial charge in [-0.15, -0.1) is 11.6 Å². The molecule has 0 aliphatic heterocycles. The molecule has 0 spiro atoms. The van der Waals surface area contributed by atoms with E-state index in [0.29, 0.717) is 0 Å². The lowest BCUT2D eigenvalue weighted by Gasteiger charge is -2.20. The number of rotatable bonds is 0. The van der Waals surface area contributed by atoms with Crippen LogP contribution in [-0.4, -0.2) is 5.38 Å². The van der Waals surface area contributed by atoms with E-state index in [2.05, 4.69) is 13.2 Å². The summed E-state index contributed by atoms with van der Waals surface area (Å²) < 4.78 is 0. The summed E-state index contributed by atoms with van der Waals surface area (Å²) in [6, 6.07) is 0. The molecule has 0 amide bonds. The monoisotopic (exact) mass is 142 g/mol. The van der Waals surface area contributed by atoms with Crippen molar-refractivity contribution in [3.05, 3.63) is 24.3 Å². The summed E-state index contributed by atoms with van der Waals surface area (Å²) in [5.74, 6) is 0. The van der Waals surface area contributed by atoms with Crippen molar-refractivity contribution in [2.24, 2.45) is 0 Å². The fraction of sp³-hybridized carbons (Fsp3) is 0.500. The zero-order valence-corrected chi connectivity index (χ0v) is 6.25. The largest absolute Gasteiger partial charge is 0.118 e. The number of alkyl halides is 1. The molecule has 0 radical (unpaired) electrons. The summed E-state index contributed by atoms with van der Waals surface area (Å²) in [5, 5.41) is 0.159. The highest BCUT2D eigenvalue weighted by molar-refractivity contribution is 6.22. The van der Waals surface area contributed by atoms with Gasteiger partial charge >= 0.3 is 0 Å². The van der Waals surface area contributed by atoms with E-state index in [-0.39, 0.29) is 5.38 Å². The van der Waals surface area contributed by atoms with Gasteiger partial charge in [-0.05, 0) is 19.3 Å². The molecule has 0 aromatic rings. The molecule has 0 nitrogen and oxygen atoms in total. The molecule has 50 valence electrons. The Kier molecular flexibility index (Phi) is 1.97. The molecule has 0 aromatic carbocycles. The molecule has 1 rings (SSSR count). The highest BCUT2D eigenvalue weighted by Gasteiger charge is 2.15. The van der Waals surface area contributed by atoms with Crippen molar-refractivity contribution in [3.63, 3.8) is 0 Å². The fourth-order valence-electron chi connectivity index (χ4n) is 0.994. The normalized spacial score (nSPS) is 28.8. The van der Waals surface area contributed by atoms with E-state index in [9.17, 15) is 0 Å². The van der Waals surface area contributed by atoms with Crippen molar-refractivity contribution in [2.75, 3.05) is 0 Å². The van der Waals surface area contributed by atoms with Crippen LogP contribution in [0.15, 0.2) is 24.3 Å². The van der Waals surface area contributed by atoms with E-state index in [0.717, 1.165) is 19.3 Å². The second kappa shape index (κ2) is 2.57. The average molecular weight is 143 g/mol. The van der Waals surface area contributed by atoms with Gasteiger partial charge in [-0.25, -0.2) is 0 Å². The van der Waals surface area contributed by atoms with Gasteiger partial charge in [-0.2, -0.15) is 0 Å². The first-order chi connectivity index (χ1) is 4.20. The van der Waals surface area contributed by atoms with Crippen LogP contribution in [0.25, 0.3) is 0 Å². The van der Waals surface area contributed by atoms with Crippen LogP contribution < -0.4 is 0 Å². The highest BCUT2D eigenvalue weighted by atomic mass is 35.5. The van der Waals surface area contributed by atoms with Gasteiger partial charge < -0.3 is 0 Å². The van der Waals surface area contributed by atoms with Crippen LogP contribution in [0, 0.1) is 0 Å². The maximum Gasteiger partial charge on any atom is 0.0579 e. The standard InChI is InChI=1S/C8H11Cl/c1-6-3-4-7(2)8(9)5-6/h8H,1-5H2. The second-order valence-electron chi connectivity index (χ2n) is 2.58. The lowest BCUT2D eigenvalue weighted by Crippen LogP contribution is -2.09. The van der Waals surface area contributed by atoms with Crippen molar-refractivity contribution in [3.8, 4) is 0 Å². The molecule has 0 heterocycles. The van der Waals surface area contributed by atoms with Crippen LogP contribution in [0.1, 0.15) is 19.3 Å². The Hall–Kier alpha value is -0.230. The average Bonchev–Trinajstić information content (AvgIpc) is 1.80. The SMILES string of the molecule is C=C1CCC(=C)C(Cl)C1. The Balaban J connectivity index is 2.54. The molecule has 0 aromatic heterocycles. The topological polar surface area (TPSA) is 0 Å². The Labute approximate surface area is 61.2 Å². The minimum atomic E-state index is 0.159. The van der Waals surface area contributed by atoms with E-state index in [1.807, 2.05) is 0 Å². The number of allylic oxidation sites excluding steroid dienone is 2. The number of halogens is 1. The van der Waals surface area contributed by atoms with Crippen LogP contribution in [0.2, 0.25) is 0 Å². The van der Waals surface area contributed by atoms with E-state index in [1.54, 1.807) is 0 Å². The number of hydrogen-bond donors (Lipinski definition) is 0. The molecule has 0 bridgehead atoms. The molecule has 1 aliphatic rings. The maximum atomic E-state index is 5.90. The predicted molar refractivity (Wildman–Crippen MR) is 41.8 cm³/mol. The Morgan fingerprint density at radius 1 is 1.33 bits per heavy atom. The third kappa shape index (κ3) is 1.59. The van der Waals surface area contributed by atoms with Gasteiger partial charge in [0.25, 0.3) is 0 Å². The van der Waals surface area contributed by atoms with Crippen molar-refractivity contribution >= 4 is 11.6 Å². The van der Waals surface area contributed by atoms with Crippen molar-refractivity contribution in [2.45, 2.75) is 24.6 Å². The van der Waals surface area contributed by atoms with Gasteiger partial charge in [0.1, 0.15) is 0 Å². The van der Waals surface area contributed by atoms with Gasteiger partial charge in [-0.3, -0.25) is 0 Å². The summed E-state index contributed by atoms with van der Waals surface area (Å²) in [5.41, 5.74) is 2.44. The molecule has 1 heteroatoms. The molecule has 0 saturated heterocycles. The van der Waals surface area contributed by atoms with E-state index in [1.165, 1.54) is 11.1 Å². The minimum absolute atomic E-state index is 0.159. The van der Waals surface area contributed by atoms with Crippen LogP contribution in [-0.2, 0) is 0 Å². The van der Waals surface area contributed by atoms with Crippen molar-refractivity contribution < 1.29 is 0 Å². The molecule has 1 unspecified atom stereocenters. The van der Waals surface area contributed by atoms with Gasteiger partial charge in [0.15, 0.2) is 0 Å². The molecule has 1 aliphatic carbocycles. The lowest BCUT2D eigenvalue weighted by atomic mass is 9.92.